The van der Waals surface area contributed by atoms with E-state index >= 15 is 0 Å². The second-order valence-corrected chi connectivity index (χ2v) is 7.72. The summed E-state index contributed by atoms with van der Waals surface area (Å²) in [6.45, 7) is 8.80. The van der Waals surface area contributed by atoms with Gasteiger partial charge in [-0.1, -0.05) is 32.9 Å². The van der Waals surface area contributed by atoms with Gasteiger partial charge in [0.05, 0.1) is 0 Å². The minimum atomic E-state index is 0.544. The van der Waals surface area contributed by atoms with E-state index in [4.69, 9.17) is 0 Å². The molecule has 2 bridgehead atoms. The van der Waals surface area contributed by atoms with Crippen LogP contribution in [0.5, 0.6) is 0 Å². The summed E-state index contributed by atoms with van der Waals surface area (Å²) < 4.78 is 0. The summed E-state index contributed by atoms with van der Waals surface area (Å²) >= 11 is 0. The van der Waals surface area contributed by atoms with Gasteiger partial charge in [0.15, 0.2) is 0 Å². The van der Waals surface area contributed by atoms with E-state index in [1.54, 1.807) is 0 Å². The number of fused-ring (bicyclic) bond motifs is 2. The van der Waals surface area contributed by atoms with E-state index in [9.17, 15) is 0 Å². The van der Waals surface area contributed by atoms with Gasteiger partial charge in [0, 0.05) is 6.04 Å². The van der Waals surface area contributed by atoms with Gasteiger partial charge in [0.1, 0.15) is 0 Å². The number of hydrogen-bond donors (Lipinski definition) is 1. The largest absolute Gasteiger partial charge is 0.313 e. The molecule has 0 heterocycles. The van der Waals surface area contributed by atoms with Crippen molar-refractivity contribution >= 4 is 0 Å². The Hall–Kier alpha value is -0.300. The Bertz CT molecular complexity index is 344. The Morgan fingerprint density at radius 1 is 1.17 bits per heavy atom. The third-order valence-corrected chi connectivity index (χ3v) is 6.82. The first-order valence-electron chi connectivity index (χ1n) is 7.92. The fourth-order valence-corrected chi connectivity index (χ4v) is 4.86. The molecule has 102 valence electrons. The van der Waals surface area contributed by atoms with Gasteiger partial charge in [0.2, 0.25) is 0 Å². The summed E-state index contributed by atoms with van der Waals surface area (Å²) in [4.78, 5) is 0. The minimum absolute atomic E-state index is 0.544. The molecular formula is C17H29N. The highest BCUT2D eigenvalue weighted by molar-refractivity contribution is 5.13. The Morgan fingerprint density at radius 2 is 2.00 bits per heavy atom. The van der Waals surface area contributed by atoms with Crippen molar-refractivity contribution < 1.29 is 0 Å². The molecule has 2 fully saturated rings. The average molecular weight is 247 g/mol. The molecule has 1 nitrogen and oxygen atoms in total. The molecule has 0 amide bonds. The van der Waals surface area contributed by atoms with E-state index in [-0.39, 0.29) is 0 Å². The first-order chi connectivity index (χ1) is 8.54. The molecule has 0 aliphatic heterocycles. The zero-order chi connectivity index (χ0) is 12.8. The molecular weight excluding hydrogens is 218 g/mol. The van der Waals surface area contributed by atoms with Crippen molar-refractivity contribution in [1.82, 2.24) is 5.32 Å². The SMILES string of the molecule is CC1(C)C2CCC1(C)C(NCC1CC=CCC1)C2. The zero-order valence-electron chi connectivity index (χ0n) is 12.3. The molecule has 3 aliphatic rings. The lowest BCUT2D eigenvalue weighted by atomic mass is 9.69. The van der Waals surface area contributed by atoms with Gasteiger partial charge >= 0.3 is 0 Å². The molecule has 0 saturated heterocycles. The lowest BCUT2D eigenvalue weighted by molar-refractivity contribution is 0.118. The van der Waals surface area contributed by atoms with E-state index in [1.807, 2.05) is 0 Å². The predicted octanol–water partition coefficient (Wildman–Crippen LogP) is 4.15. The van der Waals surface area contributed by atoms with Crippen molar-refractivity contribution in [3.05, 3.63) is 12.2 Å². The predicted molar refractivity (Wildman–Crippen MR) is 77.5 cm³/mol. The zero-order valence-corrected chi connectivity index (χ0v) is 12.3. The molecule has 0 radical (unpaired) electrons. The van der Waals surface area contributed by atoms with Crippen LogP contribution in [0.15, 0.2) is 12.2 Å². The Balaban J connectivity index is 1.60. The van der Waals surface area contributed by atoms with Crippen molar-refractivity contribution in [2.24, 2.45) is 22.7 Å². The first kappa shape index (κ1) is 12.7. The van der Waals surface area contributed by atoms with Crippen LogP contribution in [0.1, 0.15) is 59.3 Å². The van der Waals surface area contributed by atoms with E-state index < -0.39 is 0 Å². The Kier molecular flexibility index (Phi) is 3.09. The topological polar surface area (TPSA) is 12.0 Å². The molecule has 0 aromatic rings. The third-order valence-electron chi connectivity index (χ3n) is 6.82. The van der Waals surface area contributed by atoms with E-state index in [2.05, 4.69) is 38.2 Å². The molecule has 1 heteroatoms. The minimum Gasteiger partial charge on any atom is -0.313 e. The van der Waals surface area contributed by atoms with Crippen LogP contribution >= 0.6 is 0 Å². The van der Waals surface area contributed by atoms with E-state index in [0.717, 1.165) is 17.9 Å². The smallest absolute Gasteiger partial charge is 0.0129 e. The van der Waals surface area contributed by atoms with Crippen LogP contribution in [-0.4, -0.2) is 12.6 Å². The quantitative estimate of drug-likeness (QED) is 0.739. The summed E-state index contributed by atoms with van der Waals surface area (Å²) in [5.74, 6) is 1.85. The molecule has 18 heavy (non-hydrogen) atoms. The highest BCUT2D eigenvalue weighted by Crippen LogP contribution is 2.65. The third kappa shape index (κ3) is 1.78. The van der Waals surface area contributed by atoms with Crippen LogP contribution in [0.3, 0.4) is 0 Å². The van der Waals surface area contributed by atoms with Gasteiger partial charge in [-0.2, -0.15) is 0 Å². The molecule has 0 spiro atoms. The molecule has 1 N–H and O–H groups in total. The summed E-state index contributed by atoms with van der Waals surface area (Å²) in [5, 5.41) is 3.94. The Morgan fingerprint density at radius 3 is 2.56 bits per heavy atom. The van der Waals surface area contributed by atoms with Crippen LogP contribution in [0, 0.1) is 22.7 Å². The maximum absolute atomic E-state index is 3.94. The van der Waals surface area contributed by atoms with Gasteiger partial charge in [-0.25, -0.2) is 0 Å². The highest BCUT2D eigenvalue weighted by Gasteiger charge is 2.60. The van der Waals surface area contributed by atoms with Crippen molar-refractivity contribution in [3.63, 3.8) is 0 Å². The molecule has 2 saturated carbocycles. The van der Waals surface area contributed by atoms with Crippen molar-refractivity contribution in [3.8, 4) is 0 Å². The summed E-state index contributed by atoms with van der Waals surface area (Å²) in [6.07, 6.45) is 13.0. The summed E-state index contributed by atoms with van der Waals surface area (Å²) in [5.41, 5.74) is 1.10. The van der Waals surface area contributed by atoms with Crippen molar-refractivity contribution in [2.45, 2.75) is 65.3 Å². The van der Waals surface area contributed by atoms with Crippen molar-refractivity contribution in [2.75, 3.05) is 6.54 Å². The standard InChI is InChI=1S/C17H29N/c1-16(2)14-9-10-17(16,3)15(11-14)18-12-13-7-5-4-6-8-13/h4-5,13-15,18H,6-12H2,1-3H3. The lowest BCUT2D eigenvalue weighted by Crippen LogP contribution is -2.46. The number of hydrogen-bond acceptors (Lipinski definition) is 1. The number of nitrogens with one attached hydrogen (secondary N) is 1. The van der Waals surface area contributed by atoms with Crippen LogP contribution < -0.4 is 5.32 Å². The van der Waals surface area contributed by atoms with Crippen molar-refractivity contribution in [1.29, 1.82) is 0 Å². The molecule has 3 aliphatic carbocycles. The fraction of sp³-hybridized carbons (Fsp3) is 0.882. The molecule has 4 unspecified atom stereocenters. The van der Waals surface area contributed by atoms with Gasteiger partial charge < -0.3 is 5.32 Å². The van der Waals surface area contributed by atoms with Crippen LogP contribution in [0.25, 0.3) is 0 Å². The van der Waals surface area contributed by atoms with E-state index in [1.165, 1.54) is 45.1 Å². The molecule has 3 rings (SSSR count). The molecule has 0 aromatic carbocycles. The van der Waals surface area contributed by atoms with Gasteiger partial charge in [-0.05, 0) is 67.7 Å². The van der Waals surface area contributed by atoms with Gasteiger partial charge in [0.25, 0.3) is 0 Å². The maximum Gasteiger partial charge on any atom is 0.0129 e. The number of allylic oxidation sites excluding steroid dienone is 2. The van der Waals surface area contributed by atoms with Crippen LogP contribution in [-0.2, 0) is 0 Å². The Labute approximate surface area is 112 Å². The second-order valence-electron chi connectivity index (χ2n) is 7.72. The lowest BCUT2D eigenvalue weighted by Gasteiger charge is -2.40. The summed E-state index contributed by atoms with van der Waals surface area (Å²) in [6, 6.07) is 0.775. The molecule has 0 aromatic heterocycles. The number of rotatable bonds is 3. The van der Waals surface area contributed by atoms with Crippen LogP contribution in [0.2, 0.25) is 0 Å². The van der Waals surface area contributed by atoms with Gasteiger partial charge in [-0.3, -0.25) is 0 Å². The van der Waals surface area contributed by atoms with E-state index in [0.29, 0.717) is 10.8 Å². The molecule has 4 atom stereocenters. The summed E-state index contributed by atoms with van der Waals surface area (Å²) in [7, 11) is 0. The van der Waals surface area contributed by atoms with Crippen LogP contribution in [0.4, 0.5) is 0 Å². The fourth-order valence-electron chi connectivity index (χ4n) is 4.86. The second kappa shape index (κ2) is 4.37. The normalized spacial score (nSPS) is 45.6. The first-order valence-corrected chi connectivity index (χ1v) is 7.92. The highest BCUT2D eigenvalue weighted by atomic mass is 15.0. The average Bonchev–Trinajstić information content (AvgIpc) is 2.70. The maximum atomic E-state index is 3.94. The monoisotopic (exact) mass is 247 g/mol. The van der Waals surface area contributed by atoms with Gasteiger partial charge in [-0.15, -0.1) is 0 Å².